The largest absolute Gasteiger partial charge is 0.295 e. The van der Waals surface area contributed by atoms with Crippen LogP contribution in [0, 0.1) is 6.92 Å². The van der Waals surface area contributed by atoms with Crippen LogP contribution in [0.15, 0.2) is 70.9 Å². The summed E-state index contributed by atoms with van der Waals surface area (Å²) in [5.41, 5.74) is 2.47. The second-order valence-corrected chi connectivity index (χ2v) is 8.75. The number of hydrogen-bond acceptors (Lipinski definition) is 4. The number of ketones is 1. The van der Waals surface area contributed by atoms with Gasteiger partial charge in [-0.2, -0.15) is 4.72 Å². The van der Waals surface area contributed by atoms with E-state index in [1.807, 2.05) is 48.7 Å². The van der Waals surface area contributed by atoms with Gasteiger partial charge in [-0.15, -0.1) is 11.3 Å². The first-order valence-corrected chi connectivity index (χ1v) is 10.5. The van der Waals surface area contributed by atoms with Crippen molar-refractivity contribution >= 4 is 27.1 Å². The van der Waals surface area contributed by atoms with Crippen LogP contribution in [0.2, 0.25) is 0 Å². The lowest BCUT2D eigenvalue weighted by molar-refractivity contribution is 0.101. The summed E-state index contributed by atoms with van der Waals surface area (Å²) in [7, 11) is -3.74. The molecule has 1 heterocycles. The lowest BCUT2D eigenvalue weighted by Crippen LogP contribution is -2.29. The van der Waals surface area contributed by atoms with Crippen molar-refractivity contribution in [1.82, 2.24) is 4.72 Å². The van der Waals surface area contributed by atoms with Gasteiger partial charge in [0.1, 0.15) is 0 Å². The summed E-state index contributed by atoms with van der Waals surface area (Å²) >= 11 is 1.50. The van der Waals surface area contributed by atoms with Gasteiger partial charge >= 0.3 is 0 Å². The molecule has 1 N–H and O–H groups in total. The first kappa shape index (κ1) is 18.5. The van der Waals surface area contributed by atoms with Crippen molar-refractivity contribution in [3.05, 3.63) is 87.6 Å². The predicted octanol–water partition coefficient (Wildman–Crippen LogP) is 4.33. The summed E-state index contributed by atoms with van der Waals surface area (Å²) in [4.78, 5) is 12.4. The van der Waals surface area contributed by atoms with E-state index in [1.54, 1.807) is 0 Å². The van der Waals surface area contributed by atoms with Crippen LogP contribution in [0.1, 0.15) is 39.3 Å². The fourth-order valence-electron chi connectivity index (χ4n) is 2.60. The molecule has 0 aliphatic rings. The zero-order valence-corrected chi connectivity index (χ0v) is 16.1. The van der Waals surface area contributed by atoms with Crippen molar-refractivity contribution in [1.29, 1.82) is 0 Å². The van der Waals surface area contributed by atoms with Gasteiger partial charge in [0.25, 0.3) is 0 Å². The quantitative estimate of drug-likeness (QED) is 0.643. The number of thiophene rings is 1. The minimum atomic E-state index is -3.74. The summed E-state index contributed by atoms with van der Waals surface area (Å²) in [6, 6.07) is 17.1. The van der Waals surface area contributed by atoms with E-state index < -0.39 is 16.1 Å². The molecule has 0 saturated carbocycles. The fourth-order valence-corrected chi connectivity index (χ4v) is 4.68. The van der Waals surface area contributed by atoms with Crippen LogP contribution in [0.5, 0.6) is 0 Å². The Labute approximate surface area is 157 Å². The highest BCUT2D eigenvalue weighted by molar-refractivity contribution is 7.89. The van der Waals surface area contributed by atoms with Gasteiger partial charge in [-0.05, 0) is 43.0 Å². The molecule has 3 aromatic rings. The van der Waals surface area contributed by atoms with Crippen LogP contribution in [0.3, 0.4) is 0 Å². The molecule has 0 fully saturated rings. The van der Waals surface area contributed by atoms with Gasteiger partial charge in [-0.3, -0.25) is 4.79 Å². The van der Waals surface area contributed by atoms with Crippen LogP contribution in [0.4, 0.5) is 0 Å². The highest BCUT2D eigenvalue weighted by atomic mass is 32.2. The normalized spacial score (nSPS) is 12.7. The maximum atomic E-state index is 12.9. The molecule has 0 spiro atoms. The molecule has 2 aromatic carbocycles. The molecule has 0 radical (unpaired) electrons. The zero-order valence-electron chi connectivity index (χ0n) is 14.5. The van der Waals surface area contributed by atoms with E-state index in [9.17, 15) is 13.2 Å². The molecule has 1 atom stereocenters. The van der Waals surface area contributed by atoms with Gasteiger partial charge in [0.2, 0.25) is 10.0 Å². The molecule has 6 heteroatoms. The van der Waals surface area contributed by atoms with E-state index in [0.717, 1.165) is 16.0 Å². The van der Waals surface area contributed by atoms with Crippen LogP contribution in [-0.2, 0) is 10.0 Å². The number of Topliss-reactive ketones (excluding diaryl/α,β-unsaturated/α-hetero) is 1. The van der Waals surface area contributed by atoms with E-state index >= 15 is 0 Å². The molecule has 26 heavy (non-hydrogen) atoms. The molecular formula is C20H19NO3S2. The third kappa shape index (κ3) is 4.09. The van der Waals surface area contributed by atoms with Crippen molar-refractivity contribution in [3.8, 4) is 0 Å². The Kier molecular flexibility index (Phi) is 5.36. The molecule has 4 nitrogen and oxygen atoms in total. The average Bonchev–Trinajstić information content (AvgIpc) is 3.15. The number of hydrogen-bond donors (Lipinski definition) is 1. The molecular weight excluding hydrogens is 366 g/mol. The van der Waals surface area contributed by atoms with E-state index in [2.05, 4.69) is 4.72 Å². The van der Waals surface area contributed by atoms with Crippen LogP contribution in [0.25, 0.3) is 0 Å². The molecule has 0 saturated heterocycles. The molecule has 0 bridgehead atoms. The number of sulfonamides is 1. The van der Waals surface area contributed by atoms with Crippen molar-refractivity contribution in [2.24, 2.45) is 0 Å². The molecule has 0 aliphatic carbocycles. The van der Waals surface area contributed by atoms with E-state index in [4.69, 9.17) is 0 Å². The van der Waals surface area contributed by atoms with Crippen LogP contribution in [-0.4, -0.2) is 14.2 Å². The topological polar surface area (TPSA) is 63.2 Å². The third-order valence-corrected chi connectivity index (χ3v) is 6.46. The summed E-state index contributed by atoms with van der Waals surface area (Å²) in [5.74, 6) is -0.0991. The van der Waals surface area contributed by atoms with Crippen molar-refractivity contribution in [3.63, 3.8) is 0 Å². The maximum Gasteiger partial charge on any atom is 0.241 e. The van der Waals surface area contributed by atoms with Crippen molar-refractivity contribution < 1.29 is 13.2 Å². The van der Waals surface area contributed by atoms with Crippen LogP contribution >= 0.6 is 11.3 Å². The van der Waals surface area contributed by atoms with Crippen molar-refractivity contribution in [2.45, 2.75) is 24.8 Å². The fraction of sp³-hybridized carbons (Fsp3) is 0.150. The number of rotatable bonds is 6. The number of nitrogens with one attached hydrogen (secondary N) is 1. The Hall–Kier alpha value is -2.28. The summed E-state index contributed by atoms with van der Waals surface area (Å²) < 4.78 is 28.5. The number of carbonyl (C=O) groups excluding carboxylic acids is 1. The molecule has 0 aliphatic heterocycles. The number of benzene rings is 2. The van der Waals surface area contributed by atoms with Gasteiger partial charge in [0, 0.05) is 10.4 Å². The first-order valence-electron chi connectivity index (χ1n) is 8.10. The standard InChI is InChI=1S/C20H19NO3S2/c1-14-5-7-17(8-6-14)20(19-4-3-13-25-19)21-26(23,24)18-11-9-16(10-12-18)15(2)22/h3-13,20-21H,1-2H3/t20-/m0/s1. The minimum absolute atomic E-state index is 0.0991. The maximum absolute atomic E-state index is 12.9. The Morgan fingerprint density at radius 2 is 1.65 bits per heavy atom. The monoisotopic (exact) mass is 385 g/mol. The Morgan fingerprint density at radius 3 is 2.19 bits per heavy atom. The van der Waals surface area contributed by atoms with Crippen molar-refractivity contribution in [2.75, 3.05) is 0 Å². The summed E-state index contributed by atoms with van der Waals surface area (Å²) in [6.07, 6.45) is 0. The Balaban J connectivity index is 1.95. The van der Waals surface area contributed by atoms with Gasteiger partial charge in [0.05, 0.1) is 10.9 Å². The van der Waals surface area contributed by atoms with Gasteiger partial charge in [-0.25, -0.2) is 8.42 Å². The van der Waals surface area contributed by atoms with E-state index in [-0.39, 0.29) is 10.7 Å². The first-order chi connectivity index (χ1) is 12.4. The lowest BCUT2D eigenvalue weighted by Gasteiger charge is -2.18. The molecule has 0 amide bonds. The van der Waals surface area contributed by atoms with Gasteiger partial charge in [0.15, 0.2) is 5.78 Å². The zero-order chi connectivity index (χ0) is 18.7. The lowest BCUT2D eigenvalue weighted by atomic mass is 10.0. The van der Waals surface area contributed by atoms with E-state index in [0.29, 0.717) is 5.56 Å². The highest BCUT2D eigenvalue weighted by Gasteiger charge is 2.23. The summed E-state index contributed by atoms with van der Waals surface area (Å²) in [5, 5.41) is 1.92. The van der Waals surface area contributed by atoms with Gasteiger partial charge < -0.3 is 0 Å². The smallest absolute Gasteiger partial charge is 0.241 e. The number of aryl methyl sites for hydroxylation is 1. The molecule has 1 aromatic heterocycles. The second-order valence-electron chi connectivity index (χ2n) is 6.06. The number of carbonyl (C=O) groups is 1. The van der Waals surface area contributed by atoms with Crippen LogP contribution < -0.4 is 4.72 Å². The summed E-state index contributed by atoms with van der Waals surface area (Å²) in [6.45, 7) is 3.44. The SMILES string of the molecule is CC(=O)c1ccc(S(=O)(=O)N[C@@H](c2ccc(C)cc2)c2cccs2)cc1. The molecule has 134 valence electrons. The average molecular weight is 386 g/mol. The Bertz CT molecular complexity index is 990. The minimum Gasteiger partial charge on any atom is -0.295 e. The third-order valence-electron chi connectivity index (χ3n) is 4.08. The molecule has 0 unspecified atom stereocenters. The highest BCUT2D eigenvalue weighted by Crippen LogP contribution is 2.28. The van der Waals surface area contributed by atoms with E-state index in [1.165, 1.54) is 42.5 Å². The predicted molar refractivity (Wildman–Crippen MR) is 104 cm³/mol. The second kappa shape index (κ2) is 7.53. The Morgan fingerprint density at radius 1 is 1.00 bits per heavy atom. The molecule has 3 rings (SSSR count). The van der Waals surface area contributed by atoms with Gasteiger partial charge in [-0.1, -0.05) is 48.0 Å².